The SMILES string of the molecule is CCCC(C#N)C(=O)N(CC)Cc1cccc(C)n1. The van der Waals surface area contributed by atoms with Crippen LogP contribution < -0.4 is 0 Å². The van der Waals surface area contributed by atoms with Gasteiger partial charge in [0.25, 0.3) is 0 Å². The van der Waals surface area contributed by atoms with E-state index in [0.29, 0.717) is 19.5 Å². The average Bonchev–Trinajstić information content (AvgIpc) is 2.41. The van der Waals surface area contributed by atoms with E-state index in [2.05, 4.69) is 11.1 Å². The molecule has 0 bridgehead atoms. The van der Waals surface area contributed by atoms with Crippen molar-refractivity contribution in [2.75, 3.05) is 6.54 Å². The van der Waals surface area contributed by atoms with Crippen molar-refractivity contribution in [3.63, 3.8) is 0 Å². The van der Waals surface area contributed by atoms with E-state index in [1.165, 1.54) is 0 Å². The van der Waals surface area contributed by atoms with Crippen LogP contribution in [0.25, 0.3) is 0 Å². The largest absolute Gasteiger partial charge is 0.336 e. The van der Waals surface area contributed by atoms with E-state index >= 15 is 0 Å². The van der Waals surface area contributed by atoms with E-state index in [1.807, 2.05) is 39.0 Å². The molecule has 0 radical (unpaired) electrons. The molecule has 0 fully saturated rings. The average molecular weight is 259 g/mol. The third-order valence-corrected chi connectivity index (χ3v) is 3.02. The highest BCUT2D eigenvalue weighted by Crippen LogP contribution is 2.12. The Labute approximate surface area is 115 Å². The van der Waals surface area contributed by atoms with Gasteiger partial charge in [0.1, 0.15) is 5.92 Å². The summed E-state index contributed by atoms with van der Waals surface area (Å²) in [5.74, 6) is -0.620. The van der Waals surface area contributed by atoms with Gasteiger partial charge in [-0.2, -0.15) is 5.26 Å². The van der Waals surface area contributed by atoms with Crippen LogP contribution in [-0.4, -0.2) is 22.3 Å². The van der Waals surface area contributed by atoms with Gasteiger partial charge in [0.05, 0.1) is 18.3 Å². The van der Waals surface area contributed by atoms with Crippen molar-refractivity contribution in [3.05, 3.63) is 29.6 Å². The van der Waals surface area contributed by atoms with E-state index in [0.717, 1.165) is 17.8 Å². The number of aryl methyl sites for hydroxylation is 1. The van der Waals surface area contributed by atoms with Crippen LogP contribution in [0.2, 0.25) is 0 Å². The summed E-state index contributed by atoms with van der Waals surface area (Å²) in [6, 6.07) is 7.87. The Morgan fingerprint density at radius 1 is 1.47 bits per heavy atom. The first-order valence-electron chi connectivity index (χ1n) is 6.73. The Morgan fingerprint density at radius 3 is 2.74 bits per heavy atom. The Bertz CT molecular complexity index is 465. The Hall–Kier alpha value is -1.89. The summed E-state index contributed by atoms with van der Waals surface area (Å²) < 4.78 is 0. The minimum atomic E-state index is -0.533. The van der Waals surface area contributed by atoms with E-state index < -0.39 is 5.92 Å². The monoisotopic (exact) mass is 259 g/mol. The van der Waals surface area contributed by atoms with Gasteiger partial charge in [-0.05, 0) is 32.4 Å². The van der Waals surface area contributed by atoms with Crippen LogP contribution in [0.1, 0.15) is 38.1 Å². The first-order valence-corrected chi connectivity index (χ1v) is 6.73. The molecule has 1 rings (SSSR count). The van der Waals surface area contributed by atoms with Crippen molar-refractivity contribution in [1.29, 1.82) is 5.26 Å². The van der Waals surface area contributed by atoms with Gasteiger partial charge in [-0.3, -0.25) is 9.78 Å². The van der Waals surface area contributed by atoms with Crippen molar-refractivity contribution in [2.45, 2.75) is 40.2 Å². The Kier molecular flexibility index (Phi) is 6.01. The molecule has 1 atom stereocenters. The van der Waals surface area contributed by atoms with Crippen LogP contribution in [0.4, 0.5) is 0 Å². The van der Waals surface area contributed by atoms with E-state index in [9.17, 15) is 4.79 Å². The fourth-order valence-electron chi connectivity index (χ4n) is 1.98. The standard InChI is InChI=1S/C15H21N3O/c1-4-7-13(10-16)15(19)18(5-2)11-14-9-6-8-12(3)17-14/h6,8-9,13H,4-5,7,11H2,1-3H3. The van der Waals surface area contributed by atoms with E-state index in [1.54, 1.807) is 4.90 Å². The van der Waals surface area contributed by atoms with Crippen molar-refractivity contribution in [1.82, 2.24) is 9.88 Å². The van der Waals surface area contributed by atoms with Gasteiger partial charge in [-0.15, -0.1) is 0 Å². The number of carbonyl (C=O) groups excluding carboxylic acids is 1. The van der Waals surface area contributed by atoms with Crippen LogP contribution in [0.15, 0.2) is 18.2 Å². The third-order valence-electron chi connectivity index (χ3n) is 3.02. The number of aromatic nitrogens is 1. The van der Waals surface area contributed by atoms with Gasteiger partial charge in [0.15, 0.2) is 0 Å². The summed E-state index contributed by atoms with van der Waals surface area (Å²) in [5, 5.41) is 9.07. The molecule has 4 nitrogen and oxygen atoms in total. The number of pyridine rings is 1. The number of carbonyl (C=O) groups is 1. The fraction of sp³-hybridized carbons (Fsp3) is 0.533. The van der Waals surface area contributed by atoms with E-state index in [4.69, 9.17) is 5.26 Å². The van der Waals surface area contributed by atoms with Crippen molar-refractivity contribution < 1.29 is 4.79 Å². The molecule has 0 aliphatic carbocycles. The summed E-state index contributed by atoms with van der Waals surface area (Å²) in [6.45, 7) is 6.90. The van der Waals surface area contributed by atoms with Gasteiger partial charge in [-0.25, -0.2) is 0 Å². The molecule has 4 heteroatoms. The summed E-state index contributed by atoms with van der Waals surface area (Å²) in [4.78, 5) is 18.4. The molecular weight excluding hydrogens is 238 g/mol. The molecule has 102 valence electrons. The summed E-state index contributed by atoms with van der Waals surface area (Å²) >= 11 is 0. The second-order valence-corrected chi connectivity index (χ2v) is 4.59. The molecule has 1 aromatic heterocycles. The zero-order chi connectivity index (χ0) is 14.3. The Balaban J connectivity index is 2.78. The smallest absolute Gasteiger partial charge is 0.240 e. The van der Waals surface area contributed by atoms with Gasteiger partial charge in [0.2, 0.25) is 5.91 Å². The molecule has 0 spiro atoms. The lowest BCUT2D eigenvalue weighted by atomic mass is 10.0. The molecular formula is C15H21N3O. The second kappa shape index (κ2) is 7.52. The fourth-order valence-corrected chi connectivity index (χ4v) is 1.98. The zero-order valence-electron chi connectivity index (χ0n) is 11.9. The highest BCUT2D eigenvalue weighted by molar-refractivity contribution is 5.81. The molecule has 0 aliphatic heterocycles. The number of hydrogen-bond acceptors (Lipinski definition) is 3. The predicted octanol–water partition coefficient (Wildman–Crippen LogP) is 2.68. The maximum Gasteiger partial charge on any atom is 0.240 e. The first kappa shape index (κ1) is 15.2. The molecule has 0 aliphatic rings. The highest BCUT2D eigenvalue weighted by atomic mass is 16.2. The second-order valence-electron chi connectivity index (χ2n) is 4.59. The number of nitriles is 1. The molecule has 0 saturated carbocycles. The Morgan fingerprint density at radius 2 is 2.21 bits per heavy atom. The summed E-state index contributed by atoms with van der Waals surface area (Å²) in [5.41, 5.74) is 1.80. The molecule has 0 saturated heterocycles. The lowest BCUT2D eigenvalue weighted by molar-refractivity contribution is -0.134. The van der Waals surface area contributed by atoms with Crippen molar-refractivity contribution in [2.24, 2.45) is 5.92 Å². The van der Waals surface area contributed by atoms with Gasteiger partial charge >= 0.3 is 0 Å². The topological polar surface area (TPSA) is 57.0 Å². The third kappa shape index (κ3) is 4.36. The van der Waals surface area contributed by atoms with Crippen molar-refractivity contribution in [3.8, 4) is 6.07 Å². The van der Waals surface area contributed by atoms with Crippen LogP contribution in [0.3, 0.4) is 0 Å². The van der Waals surface area contributed by atoms with Crippen LogP contribution in [-0.2, 0) is 11.3 Å². The van der Waals surface area contributed by atoms with Crippen LogP contribution in [0.5, 0.6) is 0 Å². The quantitative estimate of drug-likeness (QED) is 0.789. The van der Waals surface area contributed by atoms with Gasteiger partial charge in [-0.1, -0.05) is 19.4 Å². The summed E-state index contributed by atoms with van der Waals surface area (Å²) in [7, 11) is 0. The minimum Gasteiger partial charge on any atom is -0.336 e. The first-order chi connectivity index (χ1) is 9.12. The number of rotatable bonds is 6. The molecule has 1 amide bonds. The normalized spacial score (nSPS) is 11.7. The van der Waals surface area contributed by atoms with E-state index in [-0.39, 0.29) is 5.91 Å². The number of hydrogen-bond donors (Lipinski definition) is 0. The maximum absolute atomic E-state index is 12.3. The summed E-state index contributed by atoms with van der Waals surface area (Å²) in [6.07, 6.45) is 1.46. The van der Waals surface area contributed by atoms with Crippen LogP contribution >= 0.6 is 0 Å². The molecule has 0 aromatic carbocycles. The molecule has 1 unspecified atom stereocenters. The van der Waals surface area contributed by atoms with Gasteiger partial charge < -0.3 is 4.90 Å². The van der Waals surface area contributed by atoms with Crippen LogP contribution in [0, 0.1) is 24.2 Å². The molecule has 1 heterocycles. The minimum absolute atomic E-state index is 0.0878. The lowest BCUT2D eigenvalue weighted by Gasteiger charge is -2.23. The molecule has 1 aromatic rings. The number of nitrogens with zero attached hydrogens (tertiary/aromatic N) is 3. The molecule has 0 N–H and O–H groups in total. The zero-order valence-corrected chi connectivity index (χ0v) is 11.9. The predicted molar refractivity (Wildman–Crippen MR) is 74.1 cm³/mol. The van der Waals surface area contributed by atoms with Gasteiger partial charge in [0, 0.05) is 12.2 Å². The molecule has 19 heavy (non-hydrogen) atoms. The lowest BCUT2D eigenvalue weighted by Crippen LogP contribution is -2.35. The highest BCUT2D eigenvalue weighted by Gasteiger charge is 2.22. The van der Waals surface area contributed by atoms with Crippen molar-refractivity contribution >= 4 is 5.91 Å². The maximum atomic E-state index is 12.3. The number of amides is 1.